The molecule has 15 heavy (non-hydrogen) atoms. The molecule has 2 rings (SSSR count). The highest BCUT2D eigenvalue weighted by molar-refractivity contribution is 9.09. The quantitative estimate of drug-likeness (QED) is 0.785. The summed E-state index contributed by atoms with van der Waals surface area (Å²) < 4.78 is 0. The fourth-order valence-corrected chi connectivity index (χ4v) is 2.67. The highest BCUT2D eigenvalue weighted by Gasteiger charge is 2.29. The van der Waals surface area contributed by atoms with Gasteiger partial charge < -0.3 is 0 Å². The zero-order valence-corrected chi connectivity index (χ0v) is 10.9. The fourth-order valence-electron chi connectivity index (χ4n) is 1.81. The lowest BCUT2D eigenvalue weighted by Crippen LogP contribution is -2.08. The molecule has 1 saturated carbocycles. The molecule has 0 amide bonds. The lowest BCUT2D eigenvalue weighted by Gasteiger charge is -2.09. The van der Waals surface area contributed by atoms with Gasteiger partial charge >= 0.3 is 0 Å². The van der Waals surface area contributed by atoms with Crippen molar-refractivity contribution in [3.8, 4) is 0 Å². The maximum atomic E-state index is 4.49. The molecule has 2 nitrogen and oxygen atoms in total. The number of aromatic nitrogens is 2. The summed E-state index contributed by atoms with van der Waals surface area (Å²) >= 11 is 3.75. The first-order valence-corrected chi connectivity index (χ1v) is 6.58. The van der Waals surface area contributed by atoms with Crippen LogP contribution in [0.1, 0.15) is 37.0 Å². The summed E-state index contributed by atoms with van der Waals surface area (Å²) in [5.74, 6) is 1.78. The van der Waals surface area contributed by atoms with E-state index in [-0.39, 0.29) is 0 Å². The number of aryl methyl sites for hydroxylation is 2. The van der Waals surface area contributed by atoms with E-state index in [0.29, 0.717) is 4.83 Å². The molecule has 1 aliphatic rings. The van der Waals surface area contributed by atoms with E-state index in [9.17, 15) is 0 Å². The Balaban J connectivity index is 2.08. The maximum Gasteiger partial charge on any atom is 0.125 e. The van der Waals surface area contributed by atoms with Crippen molar-refractivity contribution in [2.24, 2.45) is 5.92 Å². The number of halogens is 1. The molecule has 1 unspecified atom stereocenters. The van der Waals surface area contributed by atoms with Gasteiger partial charge in [-0.2, -0.15) is 0 Å². The van der Waals surface area contributed by atoms with Crippen molar-refractivity contribution < 1.29 is 0 Å². The topological polar surface area (TPSA) is 25.8 Å². The molecule has 1 aromatic rings. The Morgan fingerprint density at radius 2 is 2.07 bits per heavy atom. The molecule has 0 radical (unpaired) electrons. The Hall–Kier alpha value is -0.440. The second kappa shape index (κ2) is 4.60. The summed E-state index contributed by atoms with van der Waals surface area (Å²) in [5.41, 5.74) is 2.35. The standard InChI is InChI=1S/C12H17BrN2/c1-3-10-6-11(15-8(2)14-10)7-12(13)9-4-5-9/h6,9,12H,3-5,7H2,1-2H3. The molecule has 3 heteroatoms. The second-order valence-electron chi connectivity index (χ2n) is 4.31. The average molecular weight is 269 g/mol. The van der Waals surface area contributed by atoms with Crippen molar-refractivity contribution in [3.63, 3.8) is 0 Å². The molecule has 1 aromatic heterocycles. The highest BCUT2D eigenvalue weighted by atomic mass is 79.9. The average Bonchev–Trinajstić information content (AvgIpc) is 2.99. The van der Waals surface area contributed by atoms with Crippen LogP contribution in [0.3, 0.4) is 0 Å². The number of hydrogen-bond acceptors (Lipinski definition) is 2. The van der Waals surface area contributed by atoms with E-state index >= 15 is 0 Å². The van der Waals surface area contributed by atoms with Gasteiger partial charge in [0.05, 0.1) is 0 Å². The summed E-state index contributed by atoms with van der Waals surface area (Å²) in [6.07, 6.45) is 4.79. The number of hydrogen-bond donors (Lipinski definition) is 0. The molecule has 1 aliphatic carbocycles. The Morgan fingerprint density at radius 1 is 1.40 bits per heavy atom. The van der Waals surface area contributed by atoms with Gasteiger partial charge in [0.1, 0.15) is 5.82 Å². The maximum absolute atomic E-state index is 4.49. The molecule has 0 bridgehead atoms. The largest absolute Gasteiger partial charge is 0.238 e. The lowest BCUT2D eigenvalue weighted by atomic mass is 10.1. The Labute approximate surface area is 99.7 Å². The number of alkyl halides is 1. The van der Waals surface area contributed by atoms with Gasteiger partial charge in [-0.25, -0.2) is 9.97 Å². The minimum atomic E-state index is 0.608. The van der Waals surface area contributed by atoms with Crippen molar-refractivity contribution in [2.45, 2.75) is 44.4 Å². The first kappa shape index (κ1) is 11.1. The van der Waals surface area contributed by atoms with E-state index in [1.165, 1.54) is 18.5 Å². The summed E-state index contributed by atoms with van der Waals surface area (Å²) in [4.78, 5) is 9.49. The molecule has 0 saturated heterocycles. The normalized spacial score (nSPS) is 17.8. The van der Waals surface area contributed by atoms with Crippen LogP contribution in [0.2, 0.25) is 0 Å². The van der Waals surface area contributed by atoms with Crippen molar-refractivity contribution in [1.82, 2.24) is 9.97 Å². The highest BCUT2D eigenvalue weighted by Crippen LogP contribution is 2.37. The van der Waals surface area contributed by atoms with Crippen LogP contribution in [-0.2, 0) is 12.8 Å². The van der Waals surface area contributed by atoms with Crippen molar-refractivity contribution in [1.29, 1.82) is 0 Å². The molecule has 0 aromatic carbocycles. The Bertz CT molecular complexity index is 347. The fraction of sp³-hybridized carbons (Fsp3) is 0.667. The van der Waals surface area contributed by atoms with Gasteiger partial charge in [-0.1, -0.05) is 22.9 Å². The van der Waals surface area contributed by atoms with Crippen LogP contribution in [0, 0.1) is 12.8 Å². The van der Waals surface area contributed by atoms with Crippen LogP contribution in [0.25, 0.3) is 0 Å². The van der Waals surface area contributed by atoms with Crippen LogP contribution in [0.15, 0.2) is 6.07 Å². The van der Waals surface area contributed by atoms with E-state index < -0.39 is 0 Å². The molecular formula is C12H17BrN2. The smallest absolute Gasteiger partial charge is 0.125 e. The van der Waals surface area contributed by atoms with E-state index in [4.69, 9.17) is 0 Å². The predicted molar refractivity (Wildman–Crippen MR) is 65.3 cm³/mol. The summed E-state index contributed by atoms with van der Waals surface area (Å²) in [6.45, 7) is 4.11. The summed E-state index contributed by atoms with van der Waals surface area (Å²) in [5, 5.41) is 0. The van der Waals surface area contributed by atoms with E-state index in [0.717, 1.165) is 30.3 Å². The van der Waals surface area contributed by atoms with Crippen molar-refractivity contribution in [2.75, 3.05) is 0 Å². The minimum absolute atomic E-state index is 0.608. The first-order chi connectivity index (χ1) is 7.19. The molecule has 1 heterocycles. The van der Waals surface area contributed by atoms with E-state index in [1.807, 2.05) is 6.92 Å². The molecule has 0 N–H and O–H groups in total. The van der Waals surface area contributed by atoms with Crippen LogP contribution >= 0.6 is 15.9 Å². The second-order valence-corrected chi connectivity index (χ2v) is 5.49. The van der Waals surface area contributed by atoms with Crippen molar-refractivity contribution in [3.05, 3.63) is 23.3 Å². The molecule has 0 spiro atoms. The van der Waals surface area contributed by atoms with E-state index in [2.05, 4.69) is 38.9 Å². The van der Waals surface area contributed by atoms with Crippen LogP contribution in [-0.4, -0.2) is 14.8 Å². The number of nitrogens with zero attached hydrogens (tertiary/aromatic N) is 2. The molecule has 1 atom stereocenters. The monoisotopic (exact) mass is 268 g/mol. The Kier molecular flexibility index (Phi) is 3.39. The molecule has 1 fully saturated rings. The molecular weight excluding hydrogens is 252 g/mol. The number of rotatable bonds is 4. The van der Waals surface area contributed by atoms with E-state index in [1.54, 1.807) is 0 Å². The van der Waals surface area contributed by atoms with Gasteiger partial charge in [0.2, 0.25) is 0 Å². The van der Waals surface area contributed by atoms with Crippen LogP contribution in [0.4, 0.5) is 0 Å². The van der Waals surface area contributed by atoms with Crippen LogP contribution in [0.5, 0.6) is 0 Å². The zero-order valence-electron chi connectivity index (χ0n) is 9.33. The third-order valence-electron chi connectivity index (χ3n) is 2.84. The summed E-state index contributed by atoms with van der Waals surface area (Å²) in [7, 11) is 0. The van der Waals surface area contributed by atoms with Gasteiger partial charge in [0.15, 0.2) is 0 Å². The van der Waals surface area contributed by atoms with Crippen LogP contribution < -0.4 is 0 Å². The van der Waals surface area contributed by atoms with Gasteiger partial charge in [0, 0.05) is 22.6 Å². The minimum Gasteiger partial charge on any atom is -0.238 e. The summed E-state index contributed by atoms with van der Waals surface area (Å²) in [6, 6.07) is 2.14. The SMILES string of the molecule is CCc1cc(CC(Br)C2CC2)nc(C)n1. The first-order valence-electron chi connectivity index (χ1n) is 5.66. The molecule has 82 valence electrons. The van der Waals surface area contributed by atoms with Gasteiger partial charge in [-0.05, 0) is 38.2 Å². The third kappa shape index (κ3) is 3.00. The lowest BCUT2D eigenvalue weighted by molar-refractivity contribution is 0.736. The molecule has 0 aliphatic heterocycles. The Morgan fingerprint density at radius 3 is 2.67 bits per heavy atom. The van der Waals surface area contributed by atoms with Gasteiger partial charge in [-0.3, -0.25) is 0 Å². The van der Waals surface area contributed by atoms with Gasteiger partial charge in [0.25, 0.3) is 0 Å². The zero-order chi connectivity index (χ0) is 10.8. The third-order valence-corrected chi connectivity index (χ3v) is 3.92. The van der Waals surface area contributed by atoms with Gasteiger partial charge in [-0.15, -0.1) is 0 Å². The predicted octanol–water partition coefficient (Wildman–Crippen LogP) is 3.06. The van der Waals surface area contributed by atoms with Crippen molar-refractivity contribution >= 4 is 15.9 Å².